The maximum atomic E-state index is 5.62. The minimum absolute atomic E-state index is 0.802. The van der Waals surface area contributed by atoms with E-state index in [-0.39, 0.29) is 0 Å². The van der Waals surface area contributed by atoms with Gasteiger partial charge < -0.3 is 14.2 Å². The average Bonchev–Trinajstić information content (AvgIpc) is 2.57. The minimum Gasteiger partial charge on any atom is -0.497 e. The highest BCUT2D eigenvalue weighted by molar-refractivity contribution is 7.97. The van der Waals surface area contributed by atoms with Crippen molar-refractivity contribution in [2.45, 2.75) is 37.5 Å². The SMILES string of the molecule is CCCCCc1cc(OC)cc(OC)c1SN1CCOCC1. The van der Waals surface area contributed by atoms with Crippen LogP contribution in [0, 0.1) is 0 Å². The summed E-state index contributed by atoms with van der Waals surface area (Å²) >= 11 is 1.79. The van der Waals surface area contributed by atoms with Gasteiger partial charge in [-0.25, -0.2) is 4.31 Å². The van der Waals surface area contributed by atoms with Gasteiger partial charge in [0.1, 0.15) is 11.5 Å². The summed E-state index contributed by atoms with van der Waals surface area (Å²) in [6.07, 6.45) is 4.74. The highest BCUT2D eigenvalue weighted by Gasteiger charge is 2.18. The number of unbranched alkanes of at least 4 members (excludes halogenated alkanes) is 2. The fraction of sp³-hybridized carbons (Fsp3) is 0.647. The van der Waals surface area contributed by atoms with E-state index in [1.807, 2.05) is 6.07 Å². The number of nitrogens with zero attached hydrogens (tertiary/aromatic N) is 1. The van der Waals surface area contributed by atoms with E-state index in [1.165, 1.54) is 29.7 Å². The van der Waals surface area contributed by atoms with Crippen molar-refractivity contribution in [3.8, 4) is 11.5 Å². The van der Waals surface area contributed by atoms with Crippen LogP contribution in [-0.2, 0) is 11.2 Å². The summed E-state index contributed by atoms with van der Waals surface area (Å²) in [5, 5.41) is 0. The van der Waals surface area contributed by atoms with Crippen LogP contribution in [0.4, 0.5) is 0 Å². The molecule has 0 aromatic heterocycles. The third-order valence-corrected chi connectivity index (χ3v) is 5.07. The van der Waals surface area contributed by atoms with Gasteiger partial charge in [-0.2, -0.15) is 0 Å². The smallest absolute Gasteiger partial charge is 0.137 e. The first-order chi connectivity index (χ1) is 10.8. The average molecular weight is 325 g/mol. The quantitative estimate of drug-likeness (QED) is 0.536. The van der Waals surface area contributed by atoms with E-state index < -0.39 is 0 Å². The van der Waals surface area contributed by atoms with Crippen molar-refractivity contribution in [1.29, 1.82) is 0 Å². The van der Waals surface area contributed by atoms with Crippen LogP contribution in [-0.4, -0.2) is 44.8 Å². The zero-order valence-electron chi connectivity index (χ0n) is 13.9. The highest BCUT2D eigenvalue weighted by Crippen LogP contribution is 2.39. The number of morpholine rings is 1. The van der Waals surface area contributed by atoms with Gasteiger partial charge in [-0.05, 0) is 36.4 Å². The number of hydrogen-bond donors (Lipinski definition) is 0. The molecule has 1 aromatic rings. The zero-order valence-corrected chi connectivity index (χ0v) is 14.7. The molecular weight excluding hydrogens is 298 g/mol. The van der Waals surface area contributed by atoms with Gasteiger partial charge >= 0.3 is 0 Å². The summed E-state index contributed by atoms with van der Waals surface area (Å²) in [6, 6.07) is 4.13. The molecule has 0 radical (unpaired) electrons. The van der Waals surface area contributed by atoms with E-state index in [2.05, 4.69) is 17.3 Å². The lowest BCUT2D eigenvalue weighted by atomic mass is 10.1. The predicted octanol–water partition coefficient (Wildman–Crippen LogP) is 3.78. The lowest BCUT2D eigenvalue weighted by Gasteiger charge is -2.27. The Morgan fingerprint density at radius 1 is 1.14 bits per heavy atom. The maximum absolute atomic E-state index is 5.62. The molecule has 0 N–H and O–H groups in total. The highest BCUT2D eigenvalue weighted by atomic mass is 32.2. The third kappa shape index (κ3) is 4.80. The van der Waals surface area contributed by atoms with E-state index in [0.29, 0.717) is 0 Å². The second kappa shape index (κ2) is 9.28. The molecule has 0 unspecified atom stereocenters. The number of hydrogen-bond acceptors (Lipinski definition) is 5. The molecule has 1 aliphatic heterocycles. The number of ether oxygens (including phenoxy) is 3. The zero-order chi connectivity index (χ0) is 15.8. The Labute approximate surface area is 138 Å². The molecule has 1 aromatic carbocycles. The van der Waals surface area contributed by atoms with E-state index >= 15 is 0 Å². The summed E-state index contributed by atoms with van der Waals surface area (Å²) < 4.78 is 18.8. The Morgan fingerprint density at radius 2 is 1.91 bits per heavy atom. The second-order valence-corrected chi connectivity index (χ2v) is 6.51. The Balaban J connectivity index is 2.21. The molecule has 0 aliphatic carbocycles. The molecule has 0 bridgehead atoms. The van der Waals surface area contributed by atoms with Gasteiger partial charge in [0.25, 0.3) is 0 Å². The van der Waals surface area contributed by atoms with Crippen LogP contribution in [0.15, 0.2) is 17.0 Å². The molecule has 0 saturated carbocycles. The van der Waals surface area contributed by atoms with Crippen molar-refractivity contribution < 1.29 is 14.2 Å². The van der Waals surface area contributed by atoms with Gasteiger partial charge in [-0.1, -0.05) is 19.8 Å². The Kier molecular flexibility index (Phi) is 7.36. The standard InChI is InChI=1S/C17H27NO3S/c1-4-5-6-7-14-12-15(19-2)13-16(20-3)17(14)22-18-8-10-21-11-9-18/h12-13H,4-11H2,1-3H3. The lowest BCUT2D eigenvalue weighted by molar-refractivity contribution is 0.0773. The van der Waals surface area contributed by atoms with Crippen LogP contribution >= 0.6 is 11.9 Å². The summed E-state index contributed by atoms with van der Waals surface area (Å²) in [4.78, 5) is 1.22. The first-order valence-corrected chi connectivity index (χ1v) is 8.81. The van der Waals surface area contributed by atoms with Crippen LogP contribution < -0.4 is 9.47 Å². The van der Waals surface area contributed by atoms with E-state index in [1.54, 1.807) is 26.2 Å². The third-order valence-electron chi connectivity index (χ3n) is 3.80. The van der Waals surface area contributed by atoms with Gasteiger partial charge in [-0.3, -0.25) is 0 Å². The molecule has 1 fully saturated rings. The monoisotopic (exact) mass is 325 g/mol. The molecule has 124 valence electrons. The molecule has 4 nitrogen and oxygen atoms in total. The van der Waals surface area contributed by atoms with Crippen molar-refractivity contribution in [3.63, 3.8) is 0 Å². The molecule has 0 spiro atoms. The van der Waals surface area contributed by atoms with Crippen LogP contribution in [0.25, 0.3) is 0 Å². The Morgan fingerprint density at radius 3 is 2.55 bits per heavy atom. The van der Waals surface area contributed by atoms with Crippen molar-refractivity contribution in [2.75, 3.05) is 40.5 Å². The number of rotatable bonds is 8. The number of benzene rings is 1. The Bertz CT molecular complexity index is 461. The lowest BCUT2D eigenvalue weighted by Crippen LogP contribution is -2.31. The maximum Gasteiger partial charge on any atom is 0.137 e. The first-order valence-electron chi connectivity index (χ1n) is 8.04. The largest absolute Gasteiger partial charge is 0.497 e. The van der Waals surface area contributed by atoms with Crippen LogP contribution in [0.3, 0.4) is 0 Å². The Hall–Kier alpha value is -0.910. The first kappa shape index (κ1) is 17.4. The molecule has 1 saturated heterocycles. The van der Waals surface area contributed by atoms with E-state index in [4.69, 9.17) is 14.2 Å². The fourth-order valence-corrected chi connectivity index (χ4v) is 3.62. The van der Waals surface area contributed by atoms with Gasteiger partial charge in [0.15, 0.2) is 0 Å². The number of aryl methyl sites for hydroxylation is 1. The normalized spacial score (nSPS) is 15.8. The molecule has 22 heavy (non-hydrogen) atoms. The van der Waals surface area contributed by atoms with E-state index in [9.17, 15) is 0 Å². The summed E-state index contributed by atoms with van der Waals surface area (Å²) in [5.74, 6) is 1.78. The summed E-state index contributed by atoms with van der Waals surface area (Å²) in [7, 11) is 3.44. The summed E-state index contributed by atoms with van der Waals surface area (Å²) in [6.45, 7) is 5.74. The minimum atomic E-state index is 0.802. The topological polar surface area (TPSA) is 30.9 Å². The second-order valence-electron chi connectivity index (χ2n) is 5.41. The molecule has 5 heteroatoms. The molecule has 2 rings (SSSR count). The van der Waals surface area contributed by atoms with E-state index in [0.717, 1.165) is 44.2 Å². The van der Waals surface area contributed by atoms with Crippen LogP contribution in [0.1, 0.15) is 31.7 Å². The molecule has 0 amide bonds. The molecule has 1 heterocycles. The van der Waals surface area contributed by atoms with Gasteiger partial charge in [0.2, 0.25) is 0 Å². The van der Waals surface area contributed by atoms with Crippen LogP contribution in [0.5, 0.6) is 11.5 Å². The van der Waals surface area contributed by atoms with Crippen molar-refractivity contribution in [2.24, 2.45) is 0 Å². The van der Waals surface area contributed by atoms with Crippen LogP contribution in [0.2, 0.25) is 0 Å². The van der Waals surface area contributed by atoms with Gasteiger partial charge in [0.05, 0.1) is 32.3 Å². The van der Waals surface area contributed by atoms with Crippen molar-refractivity contribution in [1.82, 2.24) is 4.31 Å². The van der Waals surface area contributed by atoms with Crippen molar-refractivity contribution >= 4 is 11.9 Å². The predicted molar refractivity (Wildman–Crippen MR) is 91.0 cm³/mol. The summed E-state index contributed by atoms with van der Waals surface area (Å²) in [5.41, 5.74) is 1.32. The van der Waals surface area contributed by atoms with Crippen molar-refractivity contribution in [3.05, 3.63) is 17.7 Å². The molecular formula is C17H27NO3S. The number of methoxy groups -OCH3 is 2. The molecule has 1 aliphatic rings. The fourth-order valence-electron chi connectivity index (χ4n) is 2.52. The molecule has 0 atom stereocenters. The van der Waals surface area contributed by atoms with Gasteiger partial charge in [-0.15, -0.1) is 0 Å². The van der Waals surface area contributed by atoms with Gasteiger partial charge in [0, 0.05) is 19.2 Å².